The van der Waals surface area contributed by atoms with Crippen LogP contribution in [0, 0.1) is 13.8 Å². The smallest absolute Gasteiger partial charge is 0.408 e. The molecule has 1 saturated heterocycles. The van der Waals surface area contributed by atoms with Crippen molar-refractivity contribution in [2.24, 2.45) is 0 Å². The van der Waals surface area contributed by atoms with Crippen LogP contribution in [0.25, 0.3) is 0 Å². The van der Waals surface area contributed by atoms with E-state index in [0.29, 0.717) is 0 Å². The molecule has 0 saturated carbocycles. The number of carbonyl (C=O) groups is 2. The average molecular weight is 376 g/mol. The number of piperidine rings is 1. The number of aliphatic carboxylic acids is 1. The standard InChI is InChI=1S/C21H32N2O4/c1-14-11-16(12-15(2)18(14)23-9-7-6-8-10-23)13-17(19(24)25)22-20(26)27-21(3,4)5/h11-12,17H,6-10,13H2,1-5H3,(H,22,26)(H,24,25). The topological polar surface area (TPSA) is 78.9 Å². The van der Waals surface area contributed by atoms with E-state index in [1.807, 2.05) is 12.1 Å². The van der Waals surface area contributed by atoms with Gasteiger partial charge in [-0.2, -0.15) is 0 Å². The third kappa shape index (κ3) is 6.15. The first kappa shape index (κ1) is 21.1. The summed E-state index contributed by atoms with van der Waals surface area (Å²) in [6.45, 7) is 11.5. The van der Waals surface area contributed by atoms with Gasteiger partial charge in [0.25, 0.3) is 0 Å². The van der Waals surface area contributed by atoms with Gasteiger partial charge in [-0.3, -0.25) is 0 Å². The Bertz CT molecular complexity index is 665. The second kappa shape index (κ2) is 8.63. The molecule has 1 aromatic rings. The summed E-state index contributed by atoms with van der Waals surface area (Å²) >= 11 is 0. The number of alkyl carbamates (subject to hydrolysis) is 1. The Hall–Kier alpha value is -2.24. The van der Waals surface area contributed by atoms with Crippen molar-refractivity contribution < 1.29 is 19.4 Å². The van der Waals surface area contributed by atoms with Gasteiger partial charge in [-0.25, -0.2) is 9.59 Å². The predicted octanol–water partition coefficient (Wildman–Crippen LogP) is 3.81. The highest BCUT2D eigenvalue weighted by Gasteiger charge is 2.25. The summed E-state index contributed by atoms with van der Waals surface area (Å²) in [5.74, 6) is -1.07. The largest absolute Gasteiger partial charge is 0.480 e. The minimum absolute atomic E-state index is 0.219. The third-order valence-electron chi connectivity index (χ3n) is 4.65. The molecule has 1 aromatic carbocycles. The Morgan fingerprint density at radius 1 is 1.15 bits per heavy atom. The Labute approximate surface area is 161 Å². The lowest BCUT2D eigenvalue weighted by Gasteiger charge is -2.32. The number of carbonyl (C=O) groups excluding carboxylic acids is 1. The van der Waals surface area contributed by atoms with Gasteiger partial charge < -0.3 is 20.1 Å². The lowest BCUT2D eigenvalue weighted by molar-refractivity contribution is -0.139. The van der Waals surface area contributed by atoms with E-state index in [1.54, 1.807) is 20.8 Å². The second-order valence-electron chi connectivity index (χ2n) is 8.37. The zero-order valence-corrected chi connectivity index (χ0v) is 17.1. The zero-order chi connectivity index (χ0) is 20.2. The molecule has 1 atom stereocenters. The molecule has 0 spiro atoms. The van der Waals surface area contributed by atoms with Crippen LogP contribution < -0.4 is 10.2 Å². The molecule has 0 bridgehead atoms. The van der Waals surface area contributed by atoms with Crippen molar-refractivity contribution in [3.8, 4) is 0 Å². The van der Waals surface area contributed by atoms with Crippen LogP contribution in [0.4, 0.5) is 10.5 Å². The van der Waals surface area contributed by atoms with Crippen molar-refractivity contribution in [2.75, 3.05) is 18.0 Å². The van der Waals surface area contributed by atoms with Gasteiger partial charge in [-0.15, -0.1) is 0 Å². The lowest BCUT2D eigenvalue weighted by Crippen LogP contribution is -2.44. The second-order valence-corrected chi connectivity index (χ2v) is 8.37. The minimum atomic E-state index is -1.07. The van der Waals surface area contributed by atoms with Crippen LogP contribution >= 0.6 is 0 Å². The van der Waals surface area contributed by atoms with E-state index in [1.165, 1.54) is 24.9 Å². The van der Waals surface area contributed by atoms with Gasteiger partial charge in [0.05, 0.1) is 0 Å². The molecule has 150 valence electrons. The van der Waals surface area contributed by atoms with Crippen LogP contribution in [-0.4, -0.2) is 41.9 Å². The number of hydrogen-bond acceptors (Lipinski definition) is 4. The number of hydrogen-bond donors (Lipinski definition) is 2. The Kier molecular flexibility index (Phi) is 6.73. The summed E-state index contributed by atoms with van der Waals surface area (Å²) in [5, 5.41) is 12.0. The maximum Gasteiger partial charge on any atom is 0.408 e. The highest BCUT2D eigenvalue weighted by atomic mass is 16.6. The van der Waals surface area contributed by atoms with E-state index in [2.05, 4.69) is 24.1 Å². The number of rotatable bonds is 5. The molecule has 27 heavy (non-hydrogen) atoms. The molecule has 1 fully saturated rings. The number of benzene rings is 1. The lowest BCUT2D eigenvalue weighted by atomic mass is 9.97. The molecule has 1 aliphatic rings. The van der Waals surface area contributed by atoms with Gasteiger partial charge in [-0.1, -0.05) is 12.1 Å². The molecule has 6 nitrogen and oxygen atoms in total. The Morgan fingerprint density at radius 2 is 1.70 bits per heavy atom. The first-order chi connectivity index (χ1) is 12.6. The summed E-state index contributed by atoms with van der Waals surface area (Å²) in [5.41, 5.74) is 3.78. The van der Waals surface area contributed by atoms with Crippen LogP contribution in [0.1, 0.15) is 56.7 Å². The summed E-state index contributed by atoms with van der Waals surface area (Å²) in [6, 6.07) is 3.03. The number of anilines is 1. The molecular formula is C21H32N2O4. The zero-order valence-electron chi connectivity index (χ0n) is 17.1. The first-order valence-corrected chi connectivity index (χ1v) is 9.64. The van der Waals surface area contributed by atoms with Crippen LogP contribution in [0.3, 0.4) is 0 Å². The van der Waals surface area contributed by atoms with Crippen molar-refractivity contribution in [3.63, 3.8) is 0 Å². The maximum absolute atomic E-state index is 12.0. The predicted molar refractivity (Wildman–Crippen MR) is 106 cm³/mol. The van der Waals surface area contributed by atoms with E-state index in [9.17, 15) is 14.7 Å². The van der Waals surface area contributed by atoms with Gasteiger partial charge >= 0.3 is 12.1 Å². The molecule has 1 heterocycles. The summed E-state index contributed by atoms with van der Waals surface area (Å²) in [7, 11) is 0. The van der Waals surface area contributed by atoms with Crippen LogP contribution in [-0.2, 0) is 16.0 Å². The highest BCUT2D eigenvalue weighted by molar-refractivity contribution is 5.80. The molecule has 0 radical (unpaired) electrons. The van der Waals surface area contributed by atoms with Crippen molar-refractivity contribution in [1.29, 1.82) is 0 Å². The van der Waals surface area contributed by atoms with E-state index in [-0.39, 0.29) is 6.42 Å². The maximum atomic E-state index is 12.0. The molecule has 1 unspecified atom stereocenters. The molecule has 6 heteroatoms. The number of carboxylic acids is 1. The molecular weight excluding hydrogens is 344 g/mol. The summed E-state index contributed by atoms with van der Waals surface area (Å²) in [4.78, 5) is 26.0. The van der Waals surface area contributed by atoms with Crippen LogP contribution in [0.5, 0.6) is 0 Å². The van der Waals surface area contributed by atoms with Gasteiger partial charge in [0, 0.05) is 25.2 Å². The third-order valence-corrected chi connectivity index (χ3v) is 4.65. The number of nitrogens with zero attached hydrogens (tertiary/aromatic N) is 1. The molecule has 2 N–H and O–H groups in total. The fraction of sp³-hybridized carbons (Fsp3) is 0.619. The van der Waals surface area contributed by atoms with Crippen molar-refractivity contribution in [2.45, 2.75) is 71.9 Å². The number of amides is 1. The number of nitrogens with one attached hydrogen (secondary N) is 1. The number of carboxylic acid groups (broad SMARTS) is 1. The molecule has 1 aliphatic heterocycles. The van der Waals surface area contributed by atoms with Crippen molar-refractivity contribution in [1.82, 2.24) is 5.32 Å². The Balaban J connectivity index is 2.14. The summed E-state index contributed by atoms with van der Waals surface area (Å²) in [6.07, 6.45) is 3.20. The van der Waals surface area contributed by atoms with Gasteiger partial charge in [0.2, 0.25) is 0 Å². The molecule has 2 rings (SSSR count). The van der Waals surface area contributed by atoms with Crippen molar-refractivity contribution >= 4 is 17.7 Å². The molecule has 0 aliphatic carbocycles. The first-order valence-electron chi connectivity index (χ1n) is 9.64. The SMILES string of the molecule is Cc1cc(CC(NC(=O)OC(C)(C)C)C(=O)O)cc(C)c1N1CCCCC1. The highest BCUT2D eigenvalue weighted by Crippen LogP contribution is 2.29. The number of ether oxygens (including phenoxy) is 1. The van der Waals surface area contributed by atoms with Crippen LogP contribution in [0.15, 0.2) is 12.1 Å². The van der Waals surface area contributed by atoms with Gasteiger partial charge in [-0.05, 0) is 70.6 Å². The van der Waals surface area contributed by atoms with E-state index < -0.39 is 23.7 Å². The summed E-state index contributed by atoms with van der Waals surface area (Å²) < 4.78 is 5.18. The molecule has 1 amide bonds. The van der Waals surface area contributed by atoms with E-state index in [0.717, 1.165) is 29.8 Å². The van der Waals surface area contributed by atoms with Crippen LogP contribution in [0.2, 0.25) is 0 Å². The van der Waals surface area contributed by atoms with E-state index in [4.69, 9.17) is 4.74 Å². The average Bonchev–Trinajstić information content (AvgIpc) is 2.52. The number of aryl methyl sites for hydroxylation is 2. The minimum Gasteiger partial charge on any atom is -0.480 e. The monoisotopic (exact) mass is 376 g/mol. The van der Waals surface area contributed by atoms with Crippen molar-refractivity contribution in [3.05, 3.63) is 28.8 Å². The fourth-order valence-electron chi connectivity index (χ4n) is 3.67. The van der Waals surface area contributed by atoms with E-state index >= 15 is 0 Å². The van der Waals surface area contributed by atoms with Gasteiger partial charge in [0.1, 0.15) is 11.6 Å². The fourth-order valence-corrected chi connectivity index (χ4v) is 3.67. The van der Waals surface area contributed by atoms with Gasteiger partial charge in [0.15, 0.2) is 0 Å². The Morgan fingerprint density at radius 3 is 2.19 bits per heavy atom. The quantitative estimate of drug-likeness (QED) is 0.817. The normalized spacial score (nSPS) is 16.0. The molecule has 0 aromatic heterocycles.